The van der Waals surface area contributed by atoms with Crippen LogP contribution in [0.4, 0.5) is 5.69 Å². The second kappa shape index (κ2) is 5.70. The third-order valence-electron chi connectivity index (χ3n) is 3.53. The third-order valence-corrected chi connectivity index (χ3v) is 3.76. The Morgan fingerprint density at radius 3 is 2.64 bits per heavy atom. The number of anilines is 1. The Kier molecular flexibility index (Phi) is 3.73. The van der Waals surface area contributed by atoms with Gasteiger partial charge in [-0.25, -0.2) is 0 Å². The average molecular weight is 312 g/mol. The quantitative estimate of drug-likeness (QED) is 0.717. The summed E-state index contributed by atoms with van der Waals surface area (Å²) < 4.78 is 0. The minimum atomic E-state index is -0.266. The van der Waals surface area contributed by atoms with Crippen molar-refractivity contribution in [3.05, 3.63) is 70.7 Å². The van der Waals surface area contributed by atoms with E-state index >= 15 is 0 Å². The monoisotopic (exact) mass is 311 g/mol. The molecule has 0 aliphatic heterocycles. The van der Waals surface area contributed by atoms with Crippen molar-refractivity contribution in [3.63, 3.8) is 0 Å². The van der Waals surface area contributed by atoms with Crippen LogP contribution >= 0.6 is 11.6 Å². The van der Waals surface area contributed by atoms with Gasteiger partial charge in [0, 0.05) is 10.7 Å². The number of hydrogen-bond acceptors (Lipinski definition) is 2. The van der Waals surface area contributed by atoms with Gasteiger partial charge in [0.25, 0.3) is 5.91 Å². The van der Waals surface area contributed by atoms with Gasteiger partial charge in [-0.05, 0) is 53.6 Å². The van der Waals surface area contributed by atoms with E-state index in [4.69, 9.17) is 11.6 Å². The van der Waals surface area contributed by atoms with Crippen LogP contribution in [0.2, 0.25) is 5.02 Å². The molecule has 0 aliphatic rings. The maximum Gasteiger partial charge on any atom is 0.256 e. The molecule has 0 fully saturated rings. The SMILES string of the molecule is Cc1cc(Cl)ccc1NC(=O)c1cc(O)cc2ccccc12. The van der Waals surface area contributed by atoms with Crippen LogP contribution in [0.3, 0.4) is 0 Å². The summed E-state index contributed by atoms with van der Waals surface area (Å²) >= 11 is 5.92. The standard InChI is InChI=1S/C18H14ClNO2/c1-11-8-13(19)6-7-17(11)20-18(22)16-10-14(21)9-12-4-2-3-5-15(12)16/h2-10,21H,1H3,(H,20,22). The molecule has 3 nitrogen and oxygen atoms in total. The van der Waals surface area contributed by atoms with Crippen LogP contribution in [-0.2, 0) is 0 Å². The summed E-state index contributed by atoms with van der Waals surface area (Å²) in [4.78, 5) is 12.6. The lowest BCUT2D eigenvalue weighted by Gasteiger charge is -2.11. The molecule has 0 atom stereocenters. The molecule has 22 heavy (non-hydrogen) atoms. The smallest absolute Gasteiger partial charge is 0.256 e. The van der Waals surface area contributed by atoms with Gasteiger partial charge in [-0.15, -0.1) is 0 Å². The normalized spacial score (nSPS) is 10.6. The molecule has 0 saturated carbocycles. The summed E-state index contributed by atoms with van der Waals surface area (Å²) in [7, 11) is 0. The predicted octanol–water partition coefficient (Wildman–Crippen LogP) is 4.76. The first-order chi connectivity index (χ1) is 10.5. The number of halogens is 1. The molecule has 0 unspecified atom stereocenters. The first-order valence-electron chi connectivity index (χ1n) is 6.84. The van der Waals surface area contributed by atoms with Crippen LogP contribution in [0.25, 0.3) is 10.8 Å². The summed E-state index contributed by atoms with van der Waals surface area (Å²) in [5, 5.41) is 14.9. The van der Waals surface area contributed by atoms with E-state index in [2.05, 4.69) is 5.32 Å². The summed E-state index contributed by atoms with van der Waals surface area (Å²) in [6, 6.07) is 15.8. The van der Waals surface area contributed by atoms with E-state index in [9.17, 15) is 9.90 Å². The maximum absolute atomic E-state index is 12.6. The van der Waals surface area contributed by atoms with Gasteiger partial charge in [-0.3, -0.25) is 4.79 Å². The van der Waals surface area contributed by atoms with E-state index in [1.807, 2.05) is 31.2 Å². The summed E-state index contributed by atoms with van der Waals surface area (Å²) in [6.07, 6.45) is 0. The average Bonchev–Trinajstić information content (AvgIpc) is 2.49. The molecule has 1 amide bonds. The first-order valence-corrected chi connectivity index (χ1v) is 7.21. The van der Waals surface area contributed by atoms with Crippen molar-refractivity contribution < 1.29 is 9.90 Å². The van der Waals surface area contributed by atoms with E-state index in [0.29, 0.717) is 16.3 Å². The first kappa shape index (κ1) is 14.4. The zero-order chi connectivity index (χ0) is 15.7. The van der Waals surface area contributed by atoms with Crippen LogP contribution in [0.1, 0.15) is 15.9 Å². The van der Waals surface area contributed by atoms with Crippen LogP contribution < -0.4 is 5.32 Å². The highest BCUT2D eigenvalue weighted by atomic mass is 35.5. The van der Waals surface area contributed by atoms with Crippen LogP contribution in [0, 0.1) is 6.92 Å². The lowest BCUT2D eigenvalue weighted by molar-refractivity contribution is 0.102. The number of phenols is 1. The highest BCUT2D eigenvalue weighted by Gasteiger charge is 2.13. The summed E-state index contributed by atoms with van der Waals surface area (Å²) in [5.41, 5.74) is 2.01. The van der Waals surface area contributed by atoms with E-state index in [1.54, 1.807) is 24.3 Å². The number of aryl methyl sites for hydroxylation is 1. The summed E-state index contributed by atoms with van der Waals surface area (Å²) in [6.45, 7) is 1.88. The molecule has 2 N–H and O–H groups in total. The van der Waals surface area contributed by atoms with Crippen LogP contribution in [0.15, 0.2) is 54.6 Å². The molecule has 4 heteroatoms. The number of rotatable bonds is 2. The van der Waals surface area contributed by atoms with Gasteiger partial charge in [0.2, 0.25) is 0 Å². The van der Waals surface area contributed by atoms with Gasteiger partial charge < -0.3 is 10.4 Å². The number of aromatic hydroxyl groups is 1. The van der Waals surface area contributed by atoms with Crippen molar-refractivity contribution in [1.82, 2.24) is 0 Å². The number of hydrogen-bond donors (Lipinski definition) is 2. The second-order valence-corrected chi connectivity index (χ2v) is 5.56. The highest BCUT2D eigenvalue weighted by molar-refractivity contribution is 6.30. The Bertz CT molecular complexity index is 874. The minimum Gasteiger partial charge on any atom is -0.508 e. The Morgan fingerprint density at radius 2 is 1.86 bits per heavy atom. The fourth-order valence-electron chi connectivity index (χ4n) is 2.44. The fraction of sp³-hybridized carbons (Fsp3) is 0.0556. The highest BCUT2D eigenvalue weighted by Crippen LogP contribution is 2.26. The molecule has 0 spiro atoms. The predicted molar refractivity (Wildman–Crippen MR) is 89.8 cm³/mol. The molecule has 0 saturated heterocycles. The van der Waals surface area contributed by atoms with E-state index in [0.717, 1.165) is 16.3 Å². The second-order valence-electron chi connectivity index (χ2n) is 5.13. The molecule has 0 radical (unpaired) electrons. The van der Waals surface area contributed by atoms with Crippen molar-refractivity contribution >= 4 is 34.0 Å². The Balaban J connectivity index is 2.02. The zero-order valence-corrected chi connectivity index (χ0v) is 12.7. The number of fused-ring (bicyclic) bond motifs is 1. The Labute approximate surface area is 133 Å². The van der Waals surface area contributed by atoms with Crippen molar-refractivity contribution in [2.24, 2.45) is 0 Å². The van der Waals surface area contributed by atoms with Crippen molar-refractivity contribution in [2.75, 3.05) is 5.32 Å². The Morgan fingerprint density at radius 1 is 1.09 bits per heavy atom. The van der Waals surface area contributed by atoms with Gasteiger partial charge in [-0.1, -0.05) is 35.9 Å². The molecule has 3 rings (SSSR count). The minimum absolute atomic E-state index is 0.0664. The van der Waals surface area contributed by atoms with Crippen LogP contribution in [-0.4, -0.2) is 11.0 Å². The molecule has 3 aromatic rings. The van der Waals surface area contributed by atoms with Gasteiger partial charge in [0.1, 0.15) is 5.75 Å². The molecule has 0 aromatic heterocycles. The van der Waals surface area contributed by atoms with E-state index in [1.165, 1.54) is 6.07 Å². The molecule has 3 aromatic carbocycles. The van der Waals surface area contributed by atoms with Gasteiger partial charge >= 0.3 is 0 Å². The number of phenolic OH excluding ortho intramolecular Hbond substituents is 1. The van der Waals surface area contributed by atoms with E-state index < -0.39 is 0 Å². The number of carbonyl (C=O) groups is 1. The van der Waals surface area contributed by atoms with Crippen molar-refractivity contribution in [3.8, 4) is 5.75 Å². The molecule has 0 heterocycles. The molecular formula is C18H14ClNO2. The van der Waals surface area contributed by atoms with Gasteiger partial charge in [-0.2, -0.15) is 0 Å². The van der Waals surface area contributed by atoms with Crippen molar-refractivity contribution in [1.29, 1.82) is 0 Å². The lowest BCUT2D eigenvalue weighted by atomic mass is 10.0. The molecular weight excluding hydrogens is 298 g/mol. The molecule has 0 bridgehead atoms. The topological polar surface area (TPSA) is 49.3 Å². The molecule has 0 aliphatic carbocycles. The van der Waals surface area contributed by atoms with Crippen molar-refractivity contribution in [2.45, 2.75) is 6.92 Å². The van der Waals surface area contributed by atoms with Gasteiger partial charge in [0.15, 0.2) is 0 Å². The maximum atomic E-state index is 12.6. The largest absolute Gasteiger partial charge is 0.508 e. The molecule has 110 valence electrons. The lowest BCUT2D eigenvalue weighted by Crippen LogP contribution is -2.13. The number of amides is 1. The zero-order valence-electron chi connectivity index (χ0n) is 11.9. The number of benzene rings is 3. The van der Waals surface area contributed by atoms with Crippen LogP contribution in [0.5, 0.6) is 5.75 Å². The summed E-state index contributed by atoms with van der Waals surface area (Å²) in [5.74, 6) is -0.200. The van der Waals surface area contributed by atoms with Gasteiger partial charge in [0.05, 0.1) is 5.56 Å². The van der Waals surface area contributed by atoms with E-state index in [-0.39, 0.29) is 11.7 Å². The fourth-order valence-corrected chi connectivity index (χ4v) is 2.67. The Hall–Kier alpha value is -2.52. The number of nitrogens with one attached hydrogen (secondary N) is 1. The third kappa shape index (κ3) is 2.76. The number of carbonyl (C=O) groups excluding carboxylic acids is 1.